The summed E-state index contributed by atoms with van der Waals surface area (Å²) in [4.78, 5) is 15.1. The van der Waals surface area contributed by atoms with Gasteiger partial charge in [0.25, 0.3) is 0 Å². The van der Waals surface area contributed by atoms with Gasteiger partial charge in [0.15, 0.2) is 0 Å². The van der Waals surface area contributed by atoms with E-state index in [-0.39, 0.29) is 5.91 Å². The molecule has 0 atom stereocenters. The molecule has 1 aliphatic carbocycles. The molecule has 1 aliphatic rings. The second-order valence-electron chi connectivity index (χ2n) is 4.95. The zero-order valence-electron chi connectivity index (χ0n) is 10.1. The normalized spacial score (nSPS) is 27.0. The number of hydrogen-bond donors (Lipinski definition) is 0. The SMILES string of the molecule is CC1CC(C#N)(C(=O)N(C)Cc2cccs2)C1. The second kappa shape index (κ2) is 4.50. The molecule has 4 heteroatoms. The van der Waals surface area contributed by atoms with Gasteiger partial charge in [-0.25, -0.2) is 0 Å². The molecule has 0 saturated heterocycles. The molecular formula is C13H16N2OS. The zero-order chi connectivity index (χ0) is 12.5. The molecule has 0 aliphatic heterocycles. The third-order valence-corrected chi connectivity index (χ3v) is 4.20. The molecule has 0 bridgehead atoms. The number of thiophene rings is 1. The molecule has 17 heavy (non-hydrogen) atoms. The summed E-state index contributed by atoms with van der Waals surface area (Å²) in [5.41, 5.74) is -0.745. The van der Waals surface area contributed by atoms with Crippen molar-refractivity contribution < 1.29 is 4.79 Å². The van der Waals surface area contributed by atoms with Crippen molar-refractivity contribution in [2.45, 2.75) is 26.3 Å². The first-order valence-corrected chi connectivity index (χ1v) is 6.64. The molecule has 0 unspecified atom stereocenters. The van der Waals surface area contributed by atoms with Crippen LogP contribution in [0, 0.1) is 22.7 Å². The molecular weight excluding hydrogens is 232 g/mol. The van der Waals surface area contributed by atoms with E-state index < -0.39 is 5.41 Å². The summed E-state index contributed by atoms with van der Waals surface area (Å²) < 4.78 is 0. The second-order valence-corrected chi connectivity index (χ2v) is 5.98. The lowest BCUT2D eigenvalue weighted by Gasteiger charge is -2.41. The molecule has 1 fully saturated rings. The summed E-state index contributed by atoms with van der Waals surface area (Å²) >= 11 is 1.64. The number of amides is 1. The summed E-state index contributed by atoms with van der Waals surface area (Å²) in [5.74, 6) is 0.472. The van der Waals surface area contributed by atoms with Gasteiger partial charge in [0.2, 0.25) is 5.91 Å². The first-order valence-electron chi connectivity index (χ1n) is 5.76. The van der Waals surface area contributed by atoms with Crippen LogP contribution < -0.4 is 0 Å². The molecule has 0 spiro atoms. The predicted octanol–water partition coefficient (Wildman–Crippen LogP) is 2.65. The minimum atomic E-state index is -0.745. The highest BCUT2D eigenvalue weighted by Crippen LogP contribution is 2.46. The third-order valence-electron chi connectivity index (χ3n) is 3.34. The van der Waals surface area contributed by atoms with Gasteiger partial charge in [-0.15, -0.1) is 11.3 Å². The van der Waals surface area contributed by atoms with Crippen molar-refractivity contribution in [3.05, 3.63) is 22.4 Å². The van der Waals surface area contributed by atoms with E-state index >= 15 is 0 Å². The number of rotatable bonds is 3. The maximum Gasteiger partial charge on any atom is 0.243 e. The van der Waals surface area contributed by atoms with Gasteiger partial charge in [0.1, 0.15) is 5.41 Å². The van der Waals surface area contributed by atoms with Gasteiger partial charge in [0, 0.05) is 11.9 Å². The van der Waals surface area contributed by atoms with E-state index in [9.17, 15) is 10.1 Å². The van der Waals surface area contributed by atoms with Gasteiger partial charge < -0.3 is 4.90 Å². The van der Waals surface area contributed by atoms with Crippen LogP contribution in [0.1, 0.15) is 24.6 Å². The fourth-order valence-electron chi connectivity index (χ4n) is 2.52. The number of carbonyl (C=O) groups is 1. The van der Waals surface area contributed by atoms with Crippen LogP contribution in [0.5, 0.6) is 0 Å². The van der Waals surface area contributed by atoms with Crippen molar-refractivity contribution in [2.75, 3.05) is 7.05 Å². The van der Waals surface area contributed by atoms with Crippen LogP contribution in [-0.2, 0) is 11.3 Å². The number of carbonyl (C=O) groups excluding carboxylic acids is 1. The van der Waals surface area contributed by atoms with Gasteiger partial charge in [-0.2, -0.15) is 5.26 Å². The molecule has 2 rings (SSSR count). The Kier molecular flexibility index (Phi) is 3.21. The first-order chi connectivity index (χ1) is 8.07. The van der Waals surface area contributed by atoms with Crippen LogP contribution >= 0.6 is 11.3 Å². The van der Waals surface area contributed by atoms with E-state index in [4.69, 9.17) is 0 Å². The van der Waals surface area contributed by atoms with Crippen molar-refractivity contribution in [3.63, 3.8) is 0 Å². The summed E-state index contributed by atoms with van der Waals surface area (Å²) in [5, 5.41) is 11.2. The molecule has 0 N–H and O–H groups in total. The van der Waals surface area contributed by atoms with Crippen LogP contribution in [0.15, 0.2) is 17.5 Å². The van der Waals surface area contributed by atoms with Gasteiger partial charge in [-0.1, -0.05) is 13.0 Å². The quantitative estimate of drug-likeness (QED) is 0.825. The Morgan fingerprint density at radius 3 is 2.88 bits per heavy atom. The van der Waals surface area contributed by atoms with Gasteiger partial charge in [0.05, 0.1) is 12.6 Å². The van der Waals surface area contributed by atoms with E-state index in [0.717, 1.165) is 4.88 Å². The van der Waals surface area contributed by atoms with Gasteiger partial charge in [-0.05, 0) is 30.2 Å². The Bertz CT molecular complexity index is 440. The Hall–Kier alpha value is -1.34. The Labute approximate surface area is 106 Å². The Balaban J connectivity index is 2.02. The summed E-state index contributed by atoms with van der Waals surface area (Å²) in [6, 6.07) is 6.20. The van der Waals surface area contributed by atoms with Crippen LogP contribution in [0.2, 0.25) is 0 Å². The van der Waals surface area contributed by atoms with Crippen LogP contribution in [0.4, 0.5) is 0 Å². The Morgan fingerprint density at radius 2 is 2.41 bits per heavy atom. The largest absolute Gasteiger partial charge is 0.339 e. The van der Waals surface area contributed by atoms with Crippen molar-refractivity contribution in [1.29, 1.82) is 5.26 Å². The summed E-state index contributed by atoms with van der Waals surface area (Å²) in [6.07, 6.45) is 1.41. The number of hydrogen-bond acceptors (Lipinski definition) is 3. The molecule has 1 aromatic heterocycles. The van der Waals surface area contributed by atoms with Crippen molar-refractivity contribution >= 4 is 17.2 Å². The maximum atomic E-state index is 12.3. The molecule has 0 radical (unpaired) electrons. The highest BCUT2D eigenvalue weighted by molar-refractivity contribution is 7.09. The molecule has 3 nitrogen and oxygen atoms in total. The lowest BCUT2D eigenvalue weighted by Crippen LogP contribution is -2.48. The molecule has 0 aromatic carbocycles. The monoisotopic (exact) mass is 248 g/mol. The lowest BCUT2D eigenvalue weighted by molar-refractivity contribution is -0.144. The first kappa shape index (κ1) is 12.1. The standard InChI is InChI=1S/C13H16N2OS/c1-10-6-13(7-10,9-14)12(16)15(2)8-11-4-3-5-17-11/h3-5,10H,6-8H2,1-2H3. The van der Waals surface area contributed by atoms with Gasteiger partial charge >= 0.3 is 0 Å². The summed E-state index contributed by atoms with van der Waals surface area (Å²) in [7, 11) is 1.78. The predicted molar refractivity (Wildman–Crippen MR) is 67.2 cm³/mol. The summed E-state index contributed by atoms with van der Waals surface area (Å²) in [6.45, 7) is 2.69. The van der Waals surface area contributed by atoms with Crippen molar-refractivity contribution in [2.24, 2.45) is 11.3 Å². The zero-order valence-corrected chi connectivity index (χ0v) is 11.0. The van der Waals surface area contributed by atoms with E-state index in [1.807, 2.05) is 17.5 Å². The van der Waals surface area contributed by atoms with E-state index in [1.165, 1.54) is 0 Å². The fraction of sp³-hybridized carbons (Fsp3) is 0.538. The van der Waals surface area contributed by atoms with Crippen LogP contribution in [0.25, 0.3) is 0 Å². The average molecular weight is 248 g/mol. The number of nitrogens with zero attached hydrogens (tertiary/aromatic N) is 2. The van der Waals surface area contributed by atoms with E-state index in [2.05, 4.69) is 13.0 Å². The van der Waals surface area contributed by atoms with E-state index in [1.54, 1.807) is 23.3 Å². The smallest absolute Gasteiger partial charge is 0.243 e. The molecule has 1 saturated carbocycles. The lowest BCUT2D eigenvalue weighted by atomic mass is 9.63. The molecule has 90 valence electrons. The third kappa shape index (κ3) is 2.20. The maximum absolute atomic E-state index is 12.3. The van der Waals surface area contributed by atoms with E-state index in [0.29, 0.717) is 25.3 Å². The molecule has 1 heterocycles. The van der Waals surface area contributed by atoms with Crippen molar-refractivity contribution in [1.82, 2.24) is 4.90 Å². The highest BCUT2D eigenvalue weighted by Gasteiger charge is 2.50. The molecule has 1 amide bonds. The number of nitriles is 1. The Morgan fingerprint density at radius 1 is 1.71 bits per heavy atom. The minimum absolute atomic E-state index is 0.0218. The van der Waals surface area contributed by atoms with Gasteiger partial charge in [-0.3, -0.25) is 4.79 Å². The van der Waals surface area contributed by atoms with Crippen molar-refractivity contribution in [3.8, 4) is 6.07 Å². The highest BCUT2D eigenvalue weighted by atomic mass is 32.1. The molecule has 1 aromatic rings. The average Bonchev–Trinajstić information content (AvgIpc) is 2.76. The topological polar surface area (TPSA) is 44.1 Å². The minimum Gasteiger partial charge on any atom is -0.339 e. The van der Waals surface area contributed by atoms with Crippen LogP contribution in [-0.4, -0.2) is 17.9 Å². The van der Waals surface area contributed by atoms with Crippen LogP contribution in [0.3, 0.4) is 0 Å². The fourth-order valence-corrected chi connectivity index (χ4v) is 3.27.